The van der Waals surface area contributed by atoms with Crippen molar-refractivity contribution in [2.24, 2.45) is 5.10 Å². The van der Waals surface area contributed by atoms with E-state index < -0.39 is 27.7 Å². The van der Waals surface area contributed by atoms with E-state index in [4.69, 9.17) is 0 Å². The van der Waals surface area contributed by atoms with Crippen molar-refractivity contribution in [2.45, 2.75) is 11.8 Å². The number of amides is 2. The molecule has 184 valence electrons. The molecule has 0 aliphatic rings. The number of nitrogens with zero attached hydrogens (tertiary/aromatic N) is 3. The molecule has 2 amide bonds. The van der Waals surface area contributed by atoms with E-state index in [1.807, 2.05) is 30.3 Å². The molecule has 11 nitrogen and oxygen atoms in total. The minimum Gasteiger partial charge on any atom is -0.339 e. The van der Waals surface area contributed by atoms with Crippen LogP contribution in [-0.2, 0) is 10.5 Å². The number of nitrogens with one attached hydrogen (secondary N) is 2. The first-order valence-corrected chi connectivity index (χ1v) is 11.7. The van der Waals surface area contributed by atoms with Gasteiger partial charge in [-0.05, 0) is 35.4 Å². The highest BCUT2D eigenvalue weighted by Gasteiger charge is 2.22. The van der Waals surface area contributed by atoms with Gasteiger partial charge >= 0.3 is 0 Å². The minimum absolute atomic E-state index is 0.0688. The highest BCUT2D eigenvalue weighted by molar-refractivity contribution is 7.98. The Morgan fingerprint density at radius 3 is 2.06 bits per heavy atom. The van der Waals surface area contributed by atoms with Crippen molar-refractivity contribution >= 4 is 41.2 Å². The summed E-state index contributed by atoms with van der Waals surface area (Å²) in [6.45, 7) is 0. The summed E-state index contributed by atoms with van der Waals surface area (Å²) in [5.74, 6) is -0.273. The summed E-state index contributed by atoms with van der Waals surface area (Å²) >= 11 is 1.44. The molecule has 1 atom stereocenters. The highest BCUT2D eigenvalue weighted by atomic mass is 32.2. The molecule has 3 aromatic carbocycles. The van der Waals surface area contributed by atoms with Crippen LogP contribution in [0.15, 0.2) is 84.0 Å². The molecular formula is C24H21N5O6S. The second kappa shape index (κ2) is 12.8. The van der Waals surface area contributed by atoms with E-state index >= 15 is 0 Å². The van der Waals surface area contributed by atoms with Crippen LogP contribution in [0.25, 0.3) is 0 Å². The Morgan fingerprint density at radius 2 is 1.47 bits per heavy atom. The van der Waals surface area contributed by atoms with E-state index in [0.717, 1.165) is 5.56 Å². The zero-order chi connectivity index (χ0) is 25.9. The predicted octanol–water partition coefficient (Wildman–Crippen LogP) is 3.69. The molecule has 3 aromatic rings. The molecule has 2 N–H and O–H groups in total. The lowest BCUT2D eigenvalue weighted by Crippen LogP contribution is -2.47. The number of hydrazone groups is 1. The van der Waals surface area contributed by atoms with Crippen LogP contribution in [0.2, 0.25) is 0 Å². The summed E-state index contributed by atoms with van der Waals surface area (Å²) in [7, 11) is 0. The summed E-state index contributed by atoms with van der Waals surface area (Å²) in [6, 6.07) is 19.3. The summed E-state index contributed by atoms with van der Waals surface area (Å²) < 4.78 is 0. The van der Waals surface area contributed by atoms with E-state index in [2.05, 4.69) is 15.8 Å². The third kappa shape index (κ3) is 7.74. The molecule has 36 heavy (non-hydrogen) atoms. The summed E-state index contributed by atoms with van der Waals surface area (Å²) in [5.41, 5.74) is 3.91. The fourth-order valence-electron chi connectivity index (χ4n) is 2.96. The molecule has 0 radical (unpaired) electrons. The molecule has 0 fully saturated rings. The summed E-state index contributed by atoms with van der Waals surface area (Å²) in [4.78, 5) is 46.0. The standard InChI is InChI=1S/C24H21N5O6S/c30-23(19-8-12-21(13-9-19)29(34)35)26-22(16-36-15-18-4-2-1-3-5-18)24(31)27-25-14-17-6-10-20(11-7-17)28(32)33/h1-14,22H,15-16H2,(H,26,30)(H,27,31)/b25-14+. The molecule has 0 saturated heterocycles. The van der Waals surface area contributed by atoms with Gasteiger partial charge in [-0.25, -0.2) is 5.43 Å². The van der Waals surface area contributed by atoms with Gasteiger partial charge in [0.25, 0.3) is 23.2 Å². The maximum absolute atomic E-state index is 12.8. The van der Waals surface area contributed by atoms with Crippen LogP contribution in [0, 0.1) is 20.2 Å². The molecule has 0 heterocycles. The van der Waals surface area contributed by atoms with Crippen LogP contribution in [0.4, 0.5) is 11.4 Å². The Bertz CT molecular complexity index is 1250. The Hall–Kier alpha value is -4.58. The van der Waals surface area contributed by atoms with Crippen LogP contribution in [0.1, 0.15) is 21.5 Å². The van der Waals surface area contributed by atoms with Crippen molar-refractivity contribution in [1.29, 1.82) is 0 Å². The van der Waals surface area contributed by atoms with Gasteiger partial charge in [0.2, 0.25) is 0 Å². The SMILES string of the molecule is O=C(NC(CSCc1ccccc1)C(=O)N/N=C/c1ccc([N+](=O)[O-])cc1)c1ccc([N+](=O)[O-])cc1. The van der Waals surface area contributed by atoms with E-state index in [9.17, 15) is 29.8 Å². The van der Waals surface area contributed by atoms with Gasteiger partial charge in [-0.2, -0.15) is 16.9 Å². The molecule has 0 aromatic heterocycles. The molecule has 0 aliphatic carbocycles. The topological polar surface area (TPSA) is 157 Å². The van der Waals surface area contributed by atoms with Crippen molar-refractivity contribution in [1.82, 2.24) is 10.7 Å². The number of benzene rings is 3. The number of non-ortho nitro benzene ring substituents is 2. The molecule has 0 aliphatic heterocycles. The van der Waals surface area contributed by atoms with Gasteiger partial charge in [-0.15, -0.1) is 0 Å². The minimum atomic E-state index is -0.949. The number of hydrogen-bond donors (Lipinski definition) is 2. The van der Waals surface area contributed by atoms with Gasteiger partial charge in [-0.1, -0.05) is 30.3 Å². The van der Waals surface area contributed by atoms with Crippen molar-refractivity contribution in [3.8, 4) is 0 Å². The number of nitro groups is 2. The average Bonchev–Trinajstić information content (AvgIpc) is 2.89. The number of rotatable bonds is 11. The Balaban J connectivity index is 1.65. The number of hydrogen-bond acceptors (Lipinski definition) is 8. The second-order valence-corrected chi connectivity index (χ2v) is 8.44. The maximum atomic E-state index is 12.8. The molecule has 0 saturated carbocycles. The first-order valence-electron chi connectivity index (χ1n) is 10.6. The highest BCUT2D eigenvalue weighted by Crippen LogP contribution is 2.15. The molecule has 3 rings (SSSR count). The molecule has 1 unspecified atom stereocenters. The fourth-order valence-corrected chi connectivity index (χ4v) is 3.97. The number of carbonyl (C=O) groups is 2. The summed E-state index contributed by atoms with van der Waals surface area (Å²) in [5, 5.41) is 28.1. The molecule has 0 bridgehead atoms. The van der Waals surface area contributed by atoms with Crippen LogP contribution < -0.4 is 10.7 Å². The van der Waals surface area contributed by atoms with Crippen molar-refractivity contribution < 1.29 is 19.4 Å². The lowest BCUT2D eigenvalue weighted by molar-refractivity contribution is -0.385. The molecule has 0 spiro atoms. The Morgan fingerprint density at radius 1 is 0.889 bits per heavy atom. The van der Waals surface area contributed by atoms with Crippen molar-refractivity contribution in [3.05, 3.63) is 116 Å². The quantitative estimate of drug-likeness (QED) is 0.228. The lowest BCUT2D eigenvalue weighted by Gasteiger charge is -2.17. The fraction of sp³-hybridized carbons (Fsp3) is 0.125. The van der Waals surface area contributed by atoms with E-state index in [0.29, 0.717) is 11.3 Å². The van der Waals surface area contributed by atoms with Gasteiger partial charge < -0.3 is 5.32 Å². The first-order chi connectivity index (χ1) is 17.3. The van der Waals surface area contributed by atoms with E-state index in [1.165, 1.54) is 66.5 Å². The smallest absolute Gasteiger partial charge is 0.269 e. The van der Waals surface area contributed by atoms with Gasteiger partial charge in [0.1, 0.15) is 6.04 Å². The molecular weight excluding hydrogens is 486 g/mol. The van der Waals surface area contributed by atoms with Crippen molar-refractivity contribution in [2.75, 3.05) is 5.75 Å². The van der Waals surface area contributed by atoms with Gasteiger partial charge in [0.15, 0.2) is 0 Å². The van der Waals surface area contributed by atoms with Crippen LogP contribution in [-0.4, -0.2) is 39.7 Å². The monoisotopic (exact) mass is 507 g/mol. The third-order valence-corrected chi connectivity index (χ3v) is 5.96. The van der Waals surface area contributed by atoms with Crippen molar-refractivity contribution in [3.63, 3.8) is 0 Å². The van der Waals surface area contributed by atoms with Gasteiger partial charge in [0, 0.05) is 41.3 Å². The Kier molecular flexibility index (Phi) is 9.23. The second-order valence-electron chi connectivity index (χ2n) is 7.41. The third-order valence-electron chi connectivity index (χ3n) is 4.85. The van der Waals surface area contributed by atoms with Crippen LogP contribution >= 0.6 is 11.8 Å². The summed E-state index contributed by atoms with van der Waals surface area (Å²) in [6.07, 6.45) is 1.33. The number of carbonyl (C=O) groups excluding carboxylic acids is 2. The number of nitro benzene ring substituents is 2. The lowest BCUT2D eigenvalue weighted by atomic mass is 10.2. The average molecular weight is 508 g/mol. The van der Waals surface area contributed by atoms with Crippen LogP contribution in [0.3, 0.4) is 0 Å². The largest absolute Gasteiger partial charge is 0.339 e. The maximum Gasteiger partial charge on any atom is 0.269 e. The van der Waals surface area contributed by atoms with Gasteiger partial charge in [0.05, 0.1) is 16.1 Å². The zero-order valence-corrected chi connectivity index (χ0v) is 19.6. The normalized spacial score (nSPS) is 11.6. The van der Waals surface area contributed by atoms with E-state index in [1.54, 1.807) is 0 Å². The van der Waals surface area contributed by atoms with Gasteiger partial charge in [-0.3, -0.25) is 29.8 Å². The first kappa shape index (κ1) is 26.0. The Labute approximate surface area is 209 Å². The number of thioether (sulfide) groups is 1. The molecule has 12 heteroatoms. The van der Waals surface area contributed by atoms with E-state index in [-0.39, 0.29) is 22.7 Å². The predicted molar refractivity (Wildman–Crippen MR) is 136 cm³/mol. The zero-order valence-electron chi connectivity index (χ0n) is 18.8. The van der Waals surface area contributed by atoms with Crippen LogP contribution in [0.5, 0.6) is 0 Å².